The number of carbonyl (C=O) groups is 1. The molecule has 1 saturated heterocycles. The van der Waals surface area contributed by atoms with Crippen LogP contribution in [0.5, 0.6) is 0 Å². The highest BCUT2D eigenvalue weighted by atomic mass is 32.2. The number of hydrogen-bond donors (Lipinski definition) is 2. The van der Waals surface area contributed by atoms with Gasteiger partial charge in [0.1, 0.15) is 11.6 Å². The van der Waals surface area contributed by atoms with Crippen LogP contribution in [0.1, 0.15) is 12.0 Å². The summed E-state index contributed by atoms with van der Waals surface area (Å²) in [5.41, 5.74) is 1.15. The van der Waals surface area contributed by atoms with E-state index < -0.39 is 27.3 Å². The lowest BCUT2D eigenvalue weighted by Crippen LogP contribution is -2.38. The summed E-state index contributed by atoms with van der Waals surface area (Å²) in [6.45, 7) is 3.05. The fourth-order valence-corrected chi connectivity index (χ4v) is 3.96. The molecule has 4 rings (SSSR count). The lowest BCUT2D eigenvalue weighted by atomic mass is 10.1. The molecule has 1 aliphatic rings. The SMILES string of the molecule is Cc1cc(F)c(NS(=O)(=O)c2ccc(-c3cnc(N4CCC4)nc3)cc2)cc1F.O=CO. The first-order valence-electron chi connectivity index (χ1n) is 9.49. The van der Waals surface area contributed by atoms with Gasteiger partial charge in [-0.15, -0.1) is 0 Å². The van der Waals surface area contributed by atoms with Crippen LogP contribution in [0.4, 0.5) is 20.4 Å². The molecule has 2 N–H and O–H groups in total. The number of hydrogen-bond acceptors (Lipinski definition) is 6. The Morgan fingerprint density at radius 2 is 1.62 bits per heavy atom. The fourth-order valence-electron chi connectivity index (χ4n) is 2.90. The Labute approximate surface area is 183 Å². The van der Waals surface area contributed by atoms with E-state index >= 15 is 0 Å². The van der Waals surface area contributed by atoms with E-state index in [-0.39, 0.29) is 16.9 Å². The molecule has 1 fully saturated rings. The zero-order valence-electron chi connectivity index (χ0n) is 17.0. The molecule has 2 heterocycles. The molecule has 0 radical (unpaired) electrons. The van der Waals surface area contributed by atoms with Gasteiger partial charge in [-0.2, -0.15) is 0 Å². The molecule has 0 spiro atoms. The van der Waals surface area contributed by atoms with Crippen molar-refractivity contribution in [2.75, 3.05) is 22.7 Å². The summed E-state index contributed by atoms with van der Waals surface area (Å²) >= 11 is 0. The van der Waals surface area contributed by atoms with E-state index in [4.69, 9.17) is 9.90 Å². The van der Waals surface area contributed by atoms with Crippen LogP contribution < -0.4 is 9.62 Å². The maximum Gasteiger partial charge on any atom is 0.290 e. The molecule has 0 amide bonds. The number of aryl methyl sites for hydroxylation is 1. The Bertz CT molecular complexity index is 1200. The van der Waals surface area contributed by atoms with Gasteiger partial charge in [-0.25, -0.2) is 27.2 Å². The van der Waals surface area contributed by atoms with Gasteiger partial charge in [0.15, 0.2) is 0 Å². The van der Waals surface area contributed by atoms with Crippen molar-refractivity contribution in [1.29, 1.82) is 0 Å². The monoisotopic (exact) mass is 462 g/mol. The lowest BCUT2D eigenvalue weighted by Gasteiger charge is -2.30. The van der Waals surface area contributed by atoms with E-state index in [9.17, 15) is 17.2 Å². The van der Waals surface area contributed by atoms with Crippen LogP contribution in [0.3, 0.4) is 0 Å². The summed E-state index contributed by atoms with van der Waals surface area (Å²) < 4.78 is 54.8. The number of aromatic nitrogens is 2. The van der Waals surface area contributed by atoms with Gasteiger partial charge in [0, 0.05) is 37.1 Å². The summed E-state index contributed by atoms with van der Waals surface area (Å²) in [6.07, 6.45) is 4.51. The summed E-state index contributed by atoms with van der Waals surface area (Å²) in [5, 5.41) is 6.89. The number of anilines is 2. The van der Waals surface area contributed by atoms with E-state index in [1.807, 2.05) is 0 Å². The molecule has 0 unspecified atom stereocenters. The van der Waals surface area contributed by atoms with Crippen molar-refractivity contribution in [3.05, 3.63) is 66.0 Å². The van der Waals surface area contributed by atoms with Crippen molar-refractivity contribution in [2.24, 2.45) is 0 Å². The zero-order chi connectivity index (χ0) is 23.3. The van der Waals surface area contributed by atoms with Crippen molar-refractivity contribution >= 4 is 28.1 Å². The highest BCUT2D eigenvalue weighted by Crippen LogP contribution is 2.25. The second-order valence-electron chi connectivity index (χ2n) is 6.93. The van der Waals surface area contributed by atoms with Gasteiger partial charge in [0.2, 0.25) is 5.95 Å². The average Bonchev–Trinajstić information content (AvgIpc) is 2.72. The van der Waals surface area contributed by atoms with Gasteiger partial charge in [-0.05, 0) is 42.7 Å². The van der Waals surface area contributed by atoms with Gasteiger partial charge >= 0.3 is 0 Å². The van der Waals surface area contributed by atoms with Crippen molar-refractivity contribution < 1.29 is 27.1 Å². The first-order valence-corrected chi connectivity index (χ1v) is 11.0. The first kappa shape index (κ1) is 23.1. The molecule has 0 aliphatic carbocycles. The van der Waals surface area contributed by atoms with Crippen molar-refractivity contribution in [3.63, 3.8) is 0 Å². The van der Waals surface area contributed by atoms with Crippen LogP contribution in [0.25, 0.3) is 11.1 Å². The summed E-state index contributed by atoms with van der Waals surface area (Å²) in [7, 11) is -4.07. The van der Waals surface area contributed by atoms with Gasteiger partial charge in [0.25, 0.3) is 16.5 Å². The lowest BCUT2D eigenvalue weighted by molar-refractivity contribution is -0.122. The molecule has 32 heavy (non-hydrogen) atoms. The number of sulfonamides is 1. The van der Waals surface area contributed by atoms with E-state index in [0.29, 0.717) is 5.95 Å². The first-order chi connectivity index (χ1) is 15.2. The minimum Gasteiger partial charge on any atom is -0.483 e. The second kappa shape index (κ2) is 9.69. The molecule has 0 atom stereocenters. The molecule has 0 saturated carbocycles. The molecule has 1 aromatic heterocycles. The minimum absolute atomic E-state index is 0.0697. The Kier molecular flexibility index (Phi) is 6.98. The second-order valence-corrected chi connectivity index (χ2v) is 8.61. The summed E-state index contributed by atoms with van der Waals surface area (Å²) in [5.74, 6) is -0.861. The average molecular weight is 462 g/mol. The highest BCUT2D eigenvalue weighted by Gasteiger charge is 2.19. The Morgan fingerprint density at radius 3 is 2.16 bits per heavy atom. The normalized spacial score (nSPS) is 12.9. The van der Waals surface area contributed by atoms with E-state index in [0.717, 1.165) is 42.8 Å². The molecule has 2 aromatic carbocycles. The van der Waals surface area contributed by atoms with E-state index in [1.54, 1.807) is 24.5 Å². The Balaban J connectivity index is 0.000000913. The molecule has 8 nitrogen and oxygen atoms in total. The van der Waals surface area contributed by atoms with Gasteiger partial charge in [-0.1, -0.05) is 12.1 Å². The van der Waals surface area contributed by atoms with Crippen LogP contribution in [0.15, 0.2) is 53.7 Å². The number of carboxylic acid groups (broad SMARTS) is 1. The Morgan fingerprint density at radius 1 is 1.03 bits per heavy atom. The van der Waals surface area contributed by atoms with Crippen LogP contribution >= 0.6 is 0 Å². The number of benzene rings is 2. The predicted octanol–water partition coefficient (Wildman–Crippen LogP) is 3.44. The minimum atomic E-state index is -4.07. The molecular weight excluding hydrogens is 442 g/mol. The maximum absolute atomic E-state index is 14.0. The molecule has 1 aliphatic heterocycles. The fraction of sp³-hybridized carbons (Fsp3) is 0.190. The standard InChI is InChI=1S/C20H18F2N4O2S.CH2O2/c1-13-9-18(22)19(10-17(13)21)25-29(27,28)16-5-3-14(4-6-16)15-11-23-20(24-12-15)26-7-2-8-26;2-1-3/h3-6,9-12,25H,2,7-8H2,1H3;1H,(H,2,3). The quantitative estimate of drug-likeness (QED) is 0.559. The number of nitrogens with zero attached hydrogens (tertiary/aromatic N) is 3. The molecule has 0 bridgehead atoms. The van der Waals surface area contributed by atoms with Crippen LogP contribution in [-0.4, -0.2) is 43.1 Å². The molecule has 168 valence electrons. The van der Waals surface area contributed by atoms with E-state index in [2.05, 4.69) is 19.6 Å². The largest absolute Gasteiger partial charge is 0.483 e. The van der Waals surface area contributed by atoms with E-state index in [1.165, 1.54) is 19.1 Å². The smallest absolute Gasteiger partial charge is 0.290 e. The van der Waals surface area contributed by atoms with Gasteiger partial charge in [-0.3, -0.25) is 9.52 Å². The zero-order valence-corrected chi connectivity index (χ0v) is 17.8. The third kappa shape index (κ3) is 5.17. The van der Waals surface area contributed by atoms with Crippen molar-refractivity contribution in [3.8, 4) is 11.1 Å². The van der Waals surface area contributed by atoms with Crippen LogP contribution in [0, 0.1) is 18.6 Å². The highest BCUT2D eigenvalue weighted by molar-refractivity contribution is 7.92. The van der Waals surface area contributed by atoms with Gasteiger partial charge < -0.3 is 10.0 Å². The maximum atomic E-state index is 14.0. The summed E-state index contributed by atoms with van der Waals surface area (Å²) in [4.78, 5) is 19.0. The van der Waals surface area contributed by atoms with Crippen LogP contribution in [0.2, 0.25) is 0 Å². The number of nitrogens with one attached hydrogen (secondary N) is 1. The van der Waals surface area contributed by atoms with Crippen molar-refractivity contribution in [1.82, 2.24) is 9.97 Å². The summed E-state index contributed by atoms with van der Waals surface area (Å²) in [6, 6.07) is 7.78. The molecule has 3 aromatic rings. The van der Waals surface area contributed by atoms with Crippen molar-refractivity contribution in [2.45, 2.75) is 18.2 Å². The third-order valence-corrected chi connectivity index (χ3v) is 6.15. The predicted molar refractivity (Wildman–Crippen MR) is 115 cm³/mol. The Hall–Kier alpha value is -3.60. The number of halogens is 2. The number of rotatable bonds is 5. The topological polar surface area (TPSA) is 112 Å². The third-order valence-electron chi connectivity index (χ3n) is 4.77. The van der Waals surface area contributed by atoms with Gasteiger partial charge in [0.05, 0.1) is 10.6 Å². The van der Waals surface area contributed by atoms with Crippen LogP contribution in [-0.2, 0) is 14.8 Å². The molecular formula is C21H20F2N4O4S. The molecule has 11 heteroatoms.